The van der Waals surface area contributed by atoms with Crippen LogP contribution in [0.4, 0.5) is 19.0 Å². The molecule has 2 aromatic rings. The summed E-state index contributed by atoms with van der Waals surface area (Å²) < 4.78 is 39.3. The number of halogens is 3. The van der Waals surface area contributed by atoms with E-state index in [0.717, 1.165) is 17.4 Å². The highest BCUT2D eigenvalue weighted by molar-refractivity contribution is 5.46. The molecule has 22 heavy (non-hydrogen) atoms. The molecule has 1 atom stereocenters. The van der Waals surface area contributed by atoms with Gasteiger partial charge in [-0.05, 0) is 32.6 Å². The molecule has 2 aromatic heterocycles. The Labute approximate surface area is 127 Å². The maximum Gasteiger partial charge on any atom is 0.453 e. The fourth-order valence-electron chi connectivity index (χ4n) is 2.12. The van der Waals surface area contributed by atoms with Crippen LogP contribution in [0, 0.1) is 12.8 Å². The van der Waals surface area contributed by atoms with E-state index in [0.29, 0.717) is 17.4 Å². The first-order valence-electron chi connectivity index (χ1n) is 7.25. The van der Waals surface area contributed by atoms with Crippen molar-refractivity contribution in [2.24, 2.45) is 5.92 Å². The summed E-state index contributed by atoms with van der Waals surface area (Å²) in [4.78, 5) is 7.46. The molecule has 0 amide bonds. The second kappa shape index (κ2) is 6.10. The Hall–Kier alpha value is -1.86. The highest BCUT2D eigenvalue weighted by atomic mass is 19.4. The van der Waals surface area contributed by atoms with E-state index in [4.69, 9.17) is 0 Å². The second-order valence-electron chi connectivity index (χ2n) is 5.94. The average Bonchev–Trinajstić information content (AvgIpc) is 2.80. The van der Waals surface area contributed by atoms with Crippen LogP contribution in [0.1, 0.15) is 45.1 Å². The average molecular weight is 315 g/mol. The van der Waals surface area contributed by atoms with Crippen molar-refractivity contribution in [3.05, 3.63) is 17.6 Å². The van der Waals surface area contributed by atoms with E-state index in [1.165, 1.54) is 0 Å². The minimum absolute atomic E-state index is 0.0501. The van der Waals surface area contributed by atoms with Crippen molar-refractivity contribution < 1.29 is 13.2 Å². The molecule has 0 radical (unpaired) electrons. The van der Waals surface area contributed by atoms with Crippen LogP contribution in [0.15, 0.2) is 6.07 Å². The molecule has 0 aliphatic rings. The molecular formula is C14H20F3N5. The Kier molecular flexibility index (Phi) is 4.58. The molecule has 1 N–H and O–H groups in total. The predicted molar refractivity (Wildman–Crippen MR) is 77.7 cm³/mol. The minimum atomic E-state index is -4.58. The normalized spacial score (nSPS) is 13.8. The number of nitrogens with one attached hydrogen (secondary N) is 1. The van der Waals surface area contributed by atoms with Gasteiger partial charge in [0.25, 0.3) is 11.6 Å². The highest BCUT2D eigenvalue weighted by Crippen LogP contribution is 2.27. The number of hydrogen-bond donors (Lipinski definition) is 1. The van der Waals surface area contributed by atoms with Crippen LogP contribution < -0.4 is 5.32 Å². The van der Waals surface area contributed by atoms with Crippen molar-refractivity contribution in [2.45, 2.75) is 52.8 Å². The lowest BCUT2D eigenvalue weighted by atomic mass is 10.0. The summed E-state index contributed by atoms with van der Waals surface area (Å²) in [5.74, 6) is -0.178. The topological polar surface area (TPSA) is 55.1 Å². The second-order valence-corrected chi connectivity index (χ2v) is 5.94. The number of rotatable bonds is 5. The molecule has 0 spiro atoms. The maximum absolute atomic E-state index is 12.7. The summed E-state index contributed by atoms with van der Waals surface area (Å²) in [6, 6.07) is 1.79. The summed E-state index contributed by atoms with van der Waals surface area (Å²) in [7, 11) is 0. The smallest absolute Gasteiger partial charge is 0.367 e. The summed E-state index contributed by atoms with van der Waals surface area (Å²) in [5, 5.41) is 6.73. The number of alkyl halides is 3. The van der Waals surface area contributed by atoms with Gasteiger partial charge in [-0.15, -0.1) is 5.10 Å². The summed E-state index contributed by atoms with van der Waals surface area (Å²) in [6.07, 6.45) is -2.63. The van der Waals surface area contributed by atoms with Crippen LogP contribution in [0.3, 0.4) is 0 Å². The van der Waals surface area contributed by atoms with E-state index < -0.39 is 12.0 Å². The van der Waals surface area contributed by atoms with Gasteiger partial charge in [0.1, 0.15) is 5.82 Å². The zero-order chi connectivity index (χ0) is 16.5. The monoisotopic (exact) mass is 315 g/mol. The first-order chi connectivity index (χ1) is 10.2. The summed E-state index contributed by atoms with van der Waals surface area (Å²) >= 11 is 0. The highest BCUT2D eigenvalue weighted by Gasteiger charge is 2.36. The Bertz CT molecular complexity index is 648. The Morgan fingerprint density at radius 2 is 1.86 bits per heavy atom. The van der Waals surface area contributed by atoms with Gasteiger partial charge in [0.2, 0.25) is 0 Å². The fourth-order valence-corrected chi connectivity index (χ4v) is 2.12. The third-order valence-corrected chi connectivity index (χ3v) is 3.27. The molecule has 0 aliphatic heterocycles. The number of hydrogen-bond acceptors (Lipinski definition) is 4. The molecule has 8 heteroatoms. The number of aryl methyl sites for hydroxylation is 1. The Balaban J connectivity index is 2.30. The zero-order valence-corrected chi connectivity index (χ0v) is 13.1. The molecule has 0 saturated carbocycles. The summed E-state index contributed by atoms with van der Waals surface area (Å²) in [5.41, 5.74) is 0.590. The van der Waals surface area contributed by atoms with Gasteiger partial charge < -0.3 is 5.32 Å². The summed E-state index contributed by atoms with van der Waals surface area (Å²) in [6.45, 7) is 7.97. The lowest BCUT2D eigenvalue weighted by molar-refractivity contribution is -0.144. The molecule has 0 aliphatic carbocycles. The molecule has 5 nitrogen and oxygen atoms in total. The standard InChI is InChI=1S/C14H20F3N5/c1-8(2)5-6-9(3)18-11-7-10(4)19-13-20-12(14(15,16)17)21-22(11)13/h7-9,18H,5-6H2,1-4H3. The van der Waals surface area contributed by atoms with Gasteiger partial charge in [0.05, 0.1) is 0 Å². The van der Waals surface area contributed by atoms with Gasteiger partial charge in [0, 0.05) is 17.8 Å². The van der Waals surface area contributed by atoms with E-state index in [-0.39, 0.29) is 11.8 Å². The molecule has 1 unspecified atom stereocenters. The van der Waals surface area contributed by atoms with Crippen molar-refractivity contribution in [1.29, 1.82) is 0 Å². The van der Waals surface area contributed by atoms with Gasteiger partial charge in [-0.2, -0.15) is 22.7 Å². The predicted octanol–water partition coefficient (Wildman–Crippen LogP) is 3.69. The van der Waals surface area contributed by atoms with Crippen molar-refractivity contribution in [1.82, 2.24) is 19.6 Å². The minimum Gasteiger partial charge on any atom is -0.367 e. The van der Waals surface area contributed by atoms with E-state index >= 15 is 0 Å². The zero-order valence-electron chi connectivity index (χ0n) is 13.1. The SMILES string of the molecule is Cc1cc(NC(C)CCC(C)C)n2nc(C(F)(F)F)nc2n1. The largest absolute Gasteiger partial charge is 0.453 e. The van der Waals surface area contributed by atoms with Crippen LogP contribution in [-0.2, 0) is 6.18 Å². The van der Waals surface area contributed by atoms with Crippen molar-refractivity contribution in [2.75, 3.05) is 5.32 Å². The van der Waals surface area contributed by atoms with Gasteiger partial charge in [-0.25, -0.2) is 4.98 Å². The third-order valence-electron chi connectivity index (χ3n) is 3.27. The van der Waals surface area contributed by atoms with Crippen LogP contribution in [0.5, 0.6) is 0 Å². The van der Waals surface area contributed by atoms with Gasteiger partial charge in [-0.3, -0.25) is 0 Å². The molecule has 0 aromatic carbocycles. The lowest BCUT2D eigenvalue weighted by Gasteiger charge is -2.17. The molecule has 0 saturated heterocycles. The van der Waals surface area contributed by atoms with Crippen molar-refractivity contribution in [3.8, 4) is 0 Å². The molecule has 122 valence electrons. The fraction of sp³-hybridized carbons (Fsp3) is 0.643. The van der Waals surface area contributed by atoms with E-state index in [1.807, 2.05) is 6.92 Å². The van der Waals surface area contributed by atoms with E-state index in [9.17, 15) is 13.2 Å². The van der Waals surface area contributed by atoms with Gasteiger partial charge in [0.15, 0.2) is 0 Å². The van der Waals surface area contributed by atoms with Crippen LogP contribution in [-0.4, -0.2) is 25.6 Å². The maximum atomic E-state index is 12.7. The molecule has 0 fully saturated rings. The molecule has 0 bridgehead atoms. The number of fused-ring (bicyclic) bond motifs is 1. The van der Waals surface area contributed by atoms with Gasteiger partial charge >= 0.3 is 6.18 Å². The first kappa shape index (κ1) is 16.5. The van der Waals surface area contributed by atoms with Crippen molar-refractivity contribution in [3.63, 3.8) is 0 Å². The van der Waals surface area contributed by atoms with E-state index in [1.54, 1.807) is 13.0 Å². The van der Waals surface area contributed by atoms with Crippen LogP contribution >= 0.6 is 0 Å². The number of aromatic nitrogens is 4. The Morgan fingerprint density at radius 1 is 1.18 bits per heavy atom. The molecular weight excluding hydrogens is 295 g/mol. The van der Waals surface area contributed by atoms with Crippen LogP contribution in [0.2, 0.25) is 0 Å². The van der Waals surface area contributed by atoms with Crippen LogP contribution in [0.25, 0.3) is 5.78 Å². The lowest BCUT2D eigenvalue weighted by Crippen LogP contribution is -2.18. The first-order valence-corrected chi connectivity index (χ1v) is 7.25. The third kappa shape index (κ3) is 3.86. The quantitative estimate of drug-likeness (QED) is 0.914. The number of nitrogens with zero attached hydrogens (tertiary/aromatic N) is 4. The number of anilines is 1. The van der Waals surface area contributed by atoms with Gasteiger partial charge in [-0.1, -0.05) is 13.8 Å². The molecule has 2 rings (SSSR count). The van der Waals surface area contributed by atoms with E-state index in [2.05, 4.69) is 34.2 Å². The Morgan fingerprint density at radius 3 is 2.45 bits per heavy atom. The molecule has 2 heterocycles. The van der Waals surface area contributed by atoms with Crippen molar-refractivity contribution >= 4 is 11.6 Å².